The molecule has 31 heavy (non-hydrogen) atoms. The summed E-state index contributed by atoms with van der Waals surface area (Å²) in [6.07, 6.45) is 1.60. The highest BCUT2D eigenvalue weighted by atomic mass is 32.2. The van der Waals surface area contributed by atoms with Gasteiger partial charge in [-0.1, -0.05) is 32.9 Å². The fourth-order valence-corrected chi connectivity index (χ4v) is 5.34. The molecule has 7 nitrogen and oxygen atoms in total. The van der Waals surface area contributed by atoms with E-state index in [4.69, 9.17) is 4.74 Å². The molecule has 0 aromatic heterocycles. The van der Waals surface area contributed by atoms with E-state index in [1.807, 2.05) is 13.8 Å². The zero-order chi connectivity index (χ0) is 23.0. The molecule has 0 amide bonds. The van der Waals surface area contributed by atoms with Gasteiger partial charge in [-0.2, -0.15) is 4.31 Å². The highest BCUT2D eigenvalue weighted by molar-refractivity contribution is 7.89. The van der Waals surface area contributed by atoms with Gasteiger partial charge in [0, 0.05) is 19.2 Å². The molecule has 0 aliphatic carbocycles. The first-order valence-corrected chi connectivity index (χ1v) is 11.9. The molecule has 168 valence electrons. The molecule has 0 atom stereocenters. The molecule has 8 heteroatoms. The van der Waals surface area contributed by atoms with E-state index in [0.29, 0.717) is 13.1 Å². The summed E-state index contributed by atoms with van der Waals surface area (Å²) in [4.78, 5) is 11.0. The largest absolute Gasteiger partial charge is 0.482 e. The van der Waals surface area contributed by atoms with Crippen LogP contribution in [-0.2, 0) is 22.0 Å². The minimum absolute atomic E-state index is 0.0182. The topological polar surface area (TPSA) is 89.8 Å². The van der Waals surface area contributed by atoms with Crippen molar-refractivity contribution < 1.29 is 18.1 Å². The minimum atomic E-state index is -3.74. The van der Waals surface area contributed by atoms with E-state index < -0.39 is 14.9 Å². The van der Waals surface area contributed by atoms with E-state index in [9.17, 15) is 18.5 Å². The van der Waals surface area contributed by atoms with Gasteiger partial charge in [0.05, 0.1) is 9.82 Å². The van der Waals surface area contributed by atoms with Gasteiger partial charge in [-0.15, -0.1) is 0 Å². The van der Waals surface area contributed by atoms with Gasteiger partial charge in [0.25, 0.3) is 0 Å². The van der Waals surface area contributed by atoms with Crippen molar-refractivity contribution in [2.75, 3.05) is 13.1 Å². The Labute approximate surface area is 184 Å². The molecule has 2 aromatic carbocycles. The summed E-state index contributed by atoms with van der Waals surface area (Å²) in [7, 11) is -3.74. The molecule has 1 heterocycles. The molecular formula is C23H30N2O5S. The van der Waals surface area contributed by atoms with Crippen LogP contribution in [-0.4, -0.2) is 30.7 Å². The lowest BCUT2D eigenvalue weighted by molar-refractivity contribution is -0.386. The molecule has 0 spiro atoms. The van der Waals surface area contributed by atoms with Crippen molar-refractivity contribution in [1.29, 1.82) is 0 Å². The van der Waals surface area contributed by atoms with Crippen LogP contribution in [0, 0.1) is 24.0 Å². The third kappa shape index (κ3) is 4.91. The van der Waals surface area contributed by atoms with Crippen molar-refractivity contribution in [2.45, 2.75) is 64.4 Å². The summed E-state index contributed by atoms with van der Waals surface area (Å²) >= 11 is 0. The smallest absolute Gasteiger partial charge is 0.312 e. The van der Waals surface area contributed by atoms with Gasteiger partial charge < -0.3 is 4.74 Å². The molecule has 0 bridgehead atoms. The zero-order valence-corrected chi connectivity index (χ0v) is 19.6. The summed E-state index contributed by atoms with van der Waals surface area (Å²) in [5.74, 6) is 0.0593. The van der Waals surface area contributed by atoms with Gasteiger partial charge in [-0.05, 0) is 66.5 Å². The monoisotopic (exact) mass is 446 g/mol. The number of nitro benzene ring substituents is 1. The maximum absolute atomic E-state index is 12.8. The molecule has 0 radical (unpaired) electrons. The fraction of sp³-hybridized carbons (Fsp3) is 0.478. The Morgan fingerprint density at radius 3 is 2.16 bits per heavy atom. The molecule has 1 saturated heterocycles. The third-order valence-electron chi connectivity index (χ3n) is 5.76. The maximum atomic E-state index is 12.8. The Bertz CT molecular complexity index is 1070. The summed E-state index contributed by atoms with van der Waals surface area (Å²) in [6, 6.07) is 8.11. The van der Waals surface area contributed by atoms with Gasteiger partial charge in [0.1, 0.15) is 6.61 Å². The fourth-order valence-electron chi connectivity index (χ4n) is 3.80. The van der Waals surface area contributed by atoms with E-state index in [0.717, 1.165) is 35.6 Å². The van der Waals surface area contributed by atoms with E-state index in [2.05, 4.69) is 32.9 Å². The number of nitrogens with zero attached hydrogens (tertiary/aromatic N) is 2. The predicted octanol–water partition coefficient (Wildman–Crippen LogP) is 4.87. The molecule has 1 aliphatic rings. The van der Waals surface area contributed by atoms with E-state index in [1.54, 1.807) is 0 Å². The van der Waals surface area contributed by atoms with Crippen LogP contribution in [0.15, 0.2) is 35.2 Å². The number of hydrogen-bond donors (Lipinski definition) is 0. The Kier molecular flexibility index (Phi) is 6.43. The van der Waals surface area contributed by atoms with Crippen molar-refractivity contribution in [3.05, 3.63) is 62.7 Å². The molecule has 1 fully saturated rings. The Morgan fingerprint density at radius 2 is 1.65 bits per heavy atom. The number of hydrogen-bond acceptors (Lipinski definition) is 5. The van der Waals surface area contributed by atoms with Crippen molar-refractivity contribution in [1.82, 2.24) is 4.31 Å². The minimum Gasteiger partial charge on any atom is -0.482 e. The summed E-state index contributed by atoms with van der Waals surface area (Å²) in [5.41, 5.74) is 3.97. The highest BCUT2D eigenvalue weighted by Gasteiger charge is 2.30. The molecule has 1 aliphatic heterocycles. The number of rotatable bonds is 6. The van der Waals surface area contributed by atoms with Crippen LogP contribution in [0.5, 0.6) is 5.75 Å². The predicted molar refractivity (Wildman–Crippen MR) is 120 cm³/mol. The van der Waals surface area contributed by atoms with Crippen molar-refractivity contribution >= 4 is 15.7 Å². The van der Waals surface area contributed by atoms with Crippen molar-refractivity contribution in [2.24, 2.45) is 0 Å². The van der Waals surface area contributed by atoms with Crippen molar-refractivity contribution in [3.8, 4) is 5.75 Å². The lowest BCUT2D eigenvalue weighted by Gasteiger charge is -2.22. The van der Waals surface area contributed by atoms with Crippen LogP contribution in [0.4, 0.5) is 5.69 Å². The SMILES string of the molecule is Cc1cc(C(C)(C)C)cc(C)c1COc1ccc(S(=O)(=O)N2CCCC2)cc1[N+](=O)[O-]. The molecular weight excluding hydrogens is 416 g/mol. The van der Waals surface area contributed by atoms with Gasteiger partial charge >= 0.3 is 5.69 Å². The van der Waals surface area contributed by atoms with E-state index >= 15 is 0 Å². The quantitative estimate of drug-likeness (QED) is 0.466. The first-order chi connectivity index (χ1) is 14.4. The van der Waals surface area contributed by atoms with Crippen LogP contribution in [0.2, 0.25) is 0 Å². The normalized spacial score (nSPS) is 15.3. The average Bonchev–Trinajstić information content (AvgIpc) is 3.22. The van der Waals surface area contributed by atoms with E-state index in [1.165, 1.54) is 22.0 Å². The highest BCUT2D eigenvalue weighted by Crippen LogP contribution is 2.33. The Hall–Kier alpha value is -2.45. The van der Waals surface area contributed by atoms with Gasteiger partial charge in [-0.3, -0.25) is 10.1 Å². The van der Waals surface area contributed by atoms with Crippen LogP contribution < -0.4 is 4.74 Å². The third-order valence-corrected chi connectivity index (χ3v) is 7.66. The summed E-state index contributed by atoms with van der Waals surface area (Å²) < 4.78 is 32.7. The molecule has 2 aromatic rings. The number of aryl methyl sites for hydroxylation is 2. The summed E-state index contributed by atoms with van der Waals surface area (Å²) in [5, 5.41) is 11.6. The standard InChI is InChI=1S/C23H30N2O5S/c1-16-12-18(23(3,4)5)13-17(2)20(16)15-30-22-9-8-19(14-21(22)25(26)27)31(28,29)24-10-6-7-11-24/h8-9,12-14H,6-7,10-11,15H2,1-5H3. The zero-order valence-electron chi connectivity index (χ0n) is 18.8. The first-order valence-electron chi connectivity index (χ1n) is 10.4. The molecule has 3 rings (SSSR count). The second-order valence-corrected chi connectivity index (χ2v) is 11.1. The lowest BCUT2D eigenvalue weighted by atomic mass is 9.84. The average molecular weight is 447 g/mol. The number of sulfonamides is 1. The van der Waals surface area contributed by atoms with Crippen LogP contribution in [0.3, 0.4) is 0 Å². The van der Waals surface area contributed by atoms with Crippen LogP contribution in [0.25, 0.3) is 0 Å². The number of ether oxygens (including phenoxy) is 1. The maximum Gasteiger partial charge on any atom is 0.312 e. The lowest BCUT2D eigenvalue weighted by Crippen LogP contribution is -2.27. The second-order valence-electron chi connectivity index (χ2n) is 9.13. The first kappa shape index (κ1) is 23.2. The molecule has 0 N–H and O–H groups in total. The Morgan fingerprint density at radius 1 is 1.06 bits per heavy atom. The number of nitro groups is 1. The van der Waals surface area contributed by atoms with Gasteiger partial charge in [0.15, 0.2) is 5.75 Å². The van der Waals surface area contributed by atoms with Crippen molar-refractivity contribution in [3.63, 3.8) is 0 Å². The van der Waals surface area contributed by atoms with Gasteiger partial charge in [0.2, 0.25) is 10.0 Å². The second kappa shape index (κ2) is 8.59. The number of benzene rings is 2. The van der Waals surface area contributed by atoms with Crippen LogP contribution >= 0.6 is 0 Å². The molecule has 0 saturated carbocycles. The Balaban J connectivity index is 1.88. The van der Waals surface area contributed by atoms with E-state index in [-0.39, 0.29) is 28.4 Å². The van der Waals surface area contributed by atoms with Gasteiger partial charge in [-0.25, -0.2) is 8.42 Å². The summed E-state index contributed by atoms with van der Waals surface area (Å²) in [6.45, 7) is 11.5. The molecule has 0 unspecified atom stereocenters. The van der Waals surface area contributed by atoms with Crippen LogP contribution in [0.1, 0.15) is 55.9 Å².